The van der Waals surface area contributed by atoms with Crippen molar-refractivity contribution in [1.82, 2.24) is 19.4 Å². The Morgan fingerprint density at radius 1 is 1.17 bits per heavy atom. The highest BCUT2D eigenvalue weighted by Gasteiger charge is 2.41. The lowest BCUT2D eigenvalue weighted by Crippen LogP contribution is -2.34. The third kappa shape index (κ3) is 2.77. The molecule has 2 saturated heterocycles. The molecule has 0 aliphatic carbocycles. The smallest absolute Gasteiger partial charge is 0.270 e. The van der Waals surface area contributed by atoms with Gasteiger partial charge in [0.25, 0.3) is 5.91 Å². The highest BCUT2D eigenvalue weighted by Crippen LogP contribution is 2.32. The van der Waals surface area contributed by atoms with Gasteiger partial charge in [0, 0.05) is 58.4 Å². The summed E-state index contributed by atoms with van der Waals surface area (Å²) in [5.41, 5.74) is 2.06. The second-order valence-electron chi connectivity index (χ2n) is 6.79. The van der Waals surface area contributed by atoms with Crippen molar-refractivity contribution in [2.24, 2.45) is 18.9 Å². The summed E-state index contributed by atoms with van der Waals surface area (Å²) >= 11 is 0. The van der Waals surface area contributed by atoms with E-state index in [4.69, 9.17) is 0 Å². The van der Waals surface area contributed by atoms with Crippen molar-refractivity contribution >= 4 is 5.91 Å². The Hall–Kier alpha value is -2.14. The number of carbonyl (C=O) groups excluding carboxylic acids is 1. The zero-order valence-electron chi connectivity index (χ0n) is 13.4. The third-order valence-electron chi connectivity index (χ3n) is 5.14. The second-order valence-corrected chi connectivity index (χ2v) is 6.79. The van der Waals surface area contributed by atoms with Crippen LogP contribution in [0.1, 0.15) is 16.1 Å². The van der Waals surface area contributed by atoms with Crippen LogP contribution in [0.25, 0.3) is 0 Å². The Kier molecular flexibility index (Phi) is 3.65. The number of pyridine rings is 1. The van der Waals surface area contributed by atoms with E-state index in [-0.39, 0.29) is 5.91 Å². The number of carbonyl (C=O) groups is 1. The fourth-order valence-electron chi connectivity index (χ4n) is 3.98. The van der Waals surface area contributed by atoms with Gasteiger partial charge in [-0.1, -0.05) is 6.07 Å². The predicted octanol–water partition coefficient (Wildman–Crippen LogP) is 1.62. The largest absolute Gasteiger partial charge is 0.347 e. The van der Waals surface area contributed by atoms with Crippen LogP contribution in [-0.2, 0) is 13.6 Å². The van der Waals surface area contributed by atoms with Gasteiger partial charge >= 0.3 is 0 Å². The van der Waals surface area contributed by atoms with Gasteiger partial charge in [0.05, 0.1) is 0 Å². The van der Waals surface area contributed by atoms with Crippen LogP contribution < -0.4 is 0 Å². The molecule has 0 N–H and O–H groups in total. The van der Waals surface area contributed by atoms with Crippen LogP contribution >= 0.6 is 0 Å². The first-order chi connectivity index (χ1) is 11.2. The summed E-state index contributed by atoms with van der Waals surface area (Å²) < 4.78 is 1.91. The van der Waals surface area contributed by atoms with Crippen LogP contribution in [-0.4, -0.2) is 51.4 Å². The summed E-state index contributed by atoms with van der Waals surface area (Å²) in [4.78, 5) is 21.3. The average Bonchev–Trinajstić information content (AvgIpc) is 3.22. The molecule has 2 aliphatic heterocycles. The first kappa shape index (κ1) is 14.5. The van der Waals surface area contributed by atoms with Crippen LogP contribution in [0, 0.1) is 11.8 Å². The lowest BCUT2D eigenvalue weighted by Gasteiger charge is -2.21. The van der Waals surface area contributed by atoms with Crippen LogP contribution in [0.3, 0.4) is 0 Å². The number of aryl methyl sites for hydroxylation is 1. The summed E-state index contributed by atoms with van der Waals surface area (Å²) in [6.07, 6.45) is 5.69. The van der Waals surface area contributed by atoms with Gasteiger partial charge in [-0.3, -0.25) is 14.7 Å². The summed E-state index contributed by atoms with van der Waals surface area (Å²) in [5.74, 6) is 1.39. The fourth-order valence-corrected chi connectivity index (χ4v) is 3.98. The van der Waals surface area contributed by atoms with Gasteiger partial charge in [-0.25, -0.2) is 0 Å². The zero-order chi connectivity index (χ0) is 15.8. The summed E-state index contributed by atoms with van der Waals surface area (Å²) in [6, 6.07) is 7.96. The number of amides is 1. The van der Waals surface area contributed by atoms with Gasteiger partial charge in [0.1, 0.15) is 5.69 Å². The van der Waals surface area contributed by atoms with Gasteiger partial charge in [0.2, 0.25) is 0 Å². The number of fused-ring (bicyclic) bond motifs is 1. The predicted molar refractivity (Wildman–Crippen MR) is 87.8 cm³/mol. The maximum Gasteiger partial charge on any atom is 0.270 e. The van der Waals surface area contributed by atoms with Crippen molar-refractivity contribution < 1.29 is 4.79 Å². The van der Waals surface area contributed by atoms with E-state index in [0.29, 0.717) is 11.8 Å². The summed E-state index contributed by atoms with van der Waals surface area (Å²) in [5, 5.41) is 0. The van der Waals surface area contributed by atoms with E-state index < -0.39 is 0 Å². The van der Waals surface area contributed by atoms with E-state index in [1.54, 1.807) is 0 Å². The maximum atomic E-state index is 12.6. The third-order valence-corrected chi connectivity index (χ3v) is 5.14. The minimum atomic E-state index is 0.172. The minimum absolute atomic E-state index is 0.172. The molecule has 0 spiro atoms. The Labute approximate surface area is 136 Å². The number of aromatic nitrogens is 2. The Bertz CT molecular complexity index is 682. The van der Waals surface area contributed by atoms with Crippen LogP contribution in [0.2, 0.25) is 0 Å². The molecule has 2 aromatic heterocycles. The highest BCUT2D eigenvalue weighted by atomic mass is 16.2. The van der Waals surface area contributed by atoms with Crippen molar-refractivity contribution in [3.8, 4) is 0 Å². The molecular weight excluding hydrogens is 288 g/mol. The van der Waals surface area contributed by atoms with Crippen LogP contribution in [0.5, 0.6) is 0 Å². The molecule has 4 rings (SSSR count). The lowest BCUT2D eigenvalue weighted by atomic mass is 10.0. The van der Waals surface area contributed by atoms with Crippen molar-refractivity contribution in [1.29, 1.82) is 0 Å². The van der Waals surface area contributed by atoms with E-state index in [0.717, 1.165) is 38.4 Å². The van der Waals surface area contributed by atoms with Gasteiger partial charge in [-0.05, 0) is 35.6 Å². The van der Waals surface area contributed by atoms with E-state index in [9.17, 15) is 4.79 Å². The molecule has 0 unspecified atom stereocenters. The van der Waals surface area contributed by atoms with E-state index in [1.807, 2.05) is 53.3 Å². The van der Waals surface area contributed by atoms with Crippen LogP contribution in [0.4, 0.5) is 0 Å². The molecule has 2 aromatic rings. The second kappa shape index (κ2) is 5.81. The molecule has 4 heterocycles. The highest BCUT2D eigenvalue weighted by molar-refractivity contribution is 5.93. The molecule has 0 aromatic carbocycles. The van der Waals surface area contributed by atoms with E-state index in [2.05, 4.69) is 16.0 Å². The normalized spacial score (nSPS) is 24.1. The SMILES string of the molecule is Cn1cccc1C(=O)N1C[C@H]2CN(Cc3cccnc3)C[C@H]2C1. The lowest BCUT2D eigenvalue weighted by molar-refractivity contribution is 0.0764. The Morgan fingerprint density at radius 3 is 2.57 bits per heavy atom. The van der Waals surface area contributed by atoms with Gasteiger partial charge < -0.3 is 9.47 Å². The topological polar surface area (TPSA) is 41.4 Å². The Balaban J connectivity index is 1.37. The summed E-state index contributed by atoms with van der Waals surface area (Å²) in [6.45, 7) is 4.90. The molecule has 2 aliphatic rings. The van der Waals surface area contributed by atoms with Crippen LogP contribution in [0.15, 0.2) is 42.9 Å². The molecule has 120 valence electrons. The molecular formula is C18H22N4O. The summed E-state index contributed by atoms with van der Waals surface area (Å²) in [7, 11) is 1.93. The number of hydrogen-bond donors (Lipinski definition) is 0. The first-order valence-electron chi connectivity index (χ1n) is 8.22. The molecule has 2 fully saturated rings. The van der Waals surface area contributed by atoms with Gasteiger partial charge in [-0.2, -0.15) is 0 Å². The van der Waals surface area contributed by atoms with E-state index >= 15 is 0 Å². The standard InChI is InChI=1S/C18H22N4O/c1-20-7-3-5-17(20)18(23)22-12-15-10-21(11-16(15)13-22)9-14-4-2-6-19-8-14/h2-8,15-16H,9-13H2,1H3/t15-,16+. The molecule has 5 nitrogen and oxygen atoms in total. The quantitative estimate of drug-likeness (QED) is 0.865. The fraction of sp³-hybridized carbons (Fsp3) is 0.444. The average molecular weight is 310 g/mol. The first-order valence-corrected chi connectivity index (χ1v) is 8.22. The van der Waals surface area contributed by atoms with Gasteiger partial charge in [-0.15, -0.1) is 0 Å². The Morgan fingerprint density at radius 2 is 1.96 bits per heavy atom. The zero-order valence-corrected chi connectivity index (χ0v) is 13.4. The van der Waals surface area contributed by atoms with Crippen molar-refractivity contribution in [2.45, 2.75) is 6.54 Å². The number of hydrogen-bond acceptors (Lipinski definition) is 3. The number of nitrogens with zero attached hydrogens (tertiary/aromatic N) is 4. The molecule has 5 heteroatoms. The number of rotatable bonds is 3. The molecule has 23 heavy (non-hydrogen) atoms. The monoisotopic (exact) mass is 310 g/mol. The van der Waals surface area contributed by atoms with Crippen molar-refractivity contribution in [3.63, 3.8) is 0 Å². The van der Waals surface area contributed by atoms with Crippen molar-refractivity contribution in [2.75, 3.05) is 26.2 Å². The maximum absolute atomic E-state index is 12.6. The minimum Gasteiger partial charge on any atom is -0.347 e. The van der Waals surface area contributed by atoms with Crippen molar-refractivity contribution in [3.05, 3.63) is 54.1 Å². The molecule has 1 amide bonds. The molecule has 0 saturated carbocycles. The van der Waals surface area contributed by atoms with Gasteiger partial charge in [0.15, 0.2) is 0 Å². The van der Waals surface area contributed by atoms with E-state index in [1.165, 1.54) is 5.56 Å². The molecule has 0 radical (unpaired) electrons. The number of likely N-dealkylation sites (tertiary alicyclic amines) is 2. The molecule has 2 atom stereocenters. The molecule has 0 bridgehead atoms.